The number of aliphatic hydroxyl groups is 1. The smallest absolute Gasteiger partial charge is 0.326 e. The number of nitrogens with one attached hydrogen (secondary N) is 1. The number of hydrogen-bond donors (Lipinski definition) is 4. The summed E-state index contributed by atoms with van der Waals surface area (Å²) >= 11 is 0. The van der Waals surface area contributed by atoms with Gasteiger partial charge in [-0.25, -0.2) is 4.79 Å². The Bertz CT molecular complexity index is 896. The predicted octanol–water partition coefficient (Wildman–Crippen LogP) is 3.15. The van der Waals surface area contributed by atoms with Gasteiger partial charge in [-0.3, -0.25) is 14.4 Å². The molecule has 9 nitrogen and oxygen atoms in total. The zero-order chi connectivity index (χ0) is 26.3. The van der Waals surface area contributed by atoms with Crippen LogP contribution in [0.15, 0.2) is 23.9 Å². The molecule has 2 fully saturated rings. The van der Waals surface area contributed by atoms with Crippen LogP contribution < -0.4 is 5.32 Å². The first-order chi connectivity index (χ1) is 17.2. The highest BCUT2D eigenvalue weighted by atomic mass is 16.5. The molecule has 2 bridgehead atoms. The van der Waals surface area contributed by atoms with Crippen molar-refractivity contribution < 1.29 is 39.2 Å². The Hall–Kier alpha value is -2.52. The normalized spacial score (nSPS) is 29.9. The van der Waals surface area contributed by atoms with Crippen LogP contribution in [-0.2, 0) is 23.9 Å². The summed E-state index contributed by atoms with van der Waals surface area (Å²) in [6.07, 6.45) is 9.48. The Balaban J connectivity index is 1.65. The van der Waals surface area contributed by atoms with Gasteiger partial charge >= 0.3 is 11.9 Å². The summed E-state index contributed by atoms with van der Waals surface area (Å²) in [6.45, 7) is 2.02. The lowest BCUT2D eigenvalue weighted by Gasteiger charge is -2.50. The molecule has 2 saturated heterocycles. The van der Waals surface area contributed by atoms with E-state index in [1.807, 2.05) is 19.1 Å². The SMILES string of the molecule is CC/C=C\C[C@H]1[C@H](CC(=O)[C@H](O)CCCCCCCC(=O)O)OC2CC13C[C@@H](C(=O)O)NC3=CC2=O. The molecule has 0 radical (unpaired) electrons. The third kappa shape index (κ3) is 6.62. The number of allylic oxidation sites excluding steroid dienone is 3. The number of unbranched alkanes of at least 4 members (excludes halogenated alkanes) is 4. The van der Waals surface area contributed by atoms with E-state index in [0.29, 0.717) is 44.2 Å². The van der Waals surface area contributed by atoms with Crippen LogP contribution in [0.5, 0.6) is 0 Å². The fraction of sp³-hybridized carbons (Fsp3) is 0.704. The van der Waals surface area contributed by atoms with Crippen molar-refractivity contribution in [2.45, 2.75) is 108 Å². The molecule has 2 aliphatic heterocycles. The monoisotopic (exact) mass is 505 g/mol. The number of Topliss-reactive ketones (excluding diaryl/α,β-unsaturated/α-hetero) is 1. The molecule has 9 heteroatoms. The van der Waals surface area contributed by atoms with Crippen molar-refractivity contribution in [3.8, 4) is 0 Å². The Morgan fingerprint density at radius 1 is 1.14 bits per heavy atom. The molecule has 1 aliphatic carbocycles. The molecule has 4 N–H and O–H groups in total. The van der Waals surface area contributed by atoms with Crippen LogP contribution in [0.1, 0.15) is 84.0 Å². The van der Waals surface area contributed by atoms with E-state index in [0.717, 1.165) is 25.7 Å². The minimum absolute atomic E-state index is 0.0268. The second-order valence-electron chi connectivity index (χ2n) is 10.3. The molecule has 0 aromatic heterocycles. The van der Waals surface area contributed by atoms with Crippen molar-refractivity contribution in [3.05, 3.63) is 23.9 Å². The molecular weight excluding hydrogens is 466 g/mol. The summed E-state index contributed by atoms with van der Waals surface area (Å²) in [4.78, 5) is 48.0. The Morgan fingerprint density at radius 3 is 2.56 bits per heavy atom. The van der Waals surface area contributed by atoms with Crippen molar-refractivity contribution in [3.63, 3.8) is 0 Å². The molecule has 0 aromatic rings. The van der Waals surface area contributed by atoms with Gasteiger partial charge in [-0.2, -0.15) is 0 Å². The third-order valence-corrected chi connectivity index (χ3v) is 7.82. The van der Waals surface area contributed by atoms with E-state index in [1.54, 1.807) is 0 Å². The lowest BCUT2D eigenvalue weighted by Crippen LogP contribution is -2.54. The zero-order valence-electron chi connectivity index (χ0n) is 21.0. The molecule has 3 aliphatic rings. The third-order valence-electron chi connectivity index (χ3n) is 7.82. The van der Waals surface area contributed by atoms with Crippen LogP contribution in [-0.4, -0.2) is 63.2 Å². The van der Waals surface area contributed by atoms with Crippen LogP contribution in [0.3, 0.4) is 0 Å². The van der Waals surface area contributed by atoms with Crippen LogP contribution in [0.2, 0.25) is 0 Å². The van der Waals surface area contributed by atoms with E-state index >= 15 is 0 Å². The lowest BCUT2D eigenvalue weighted by molar-refractivity contribution is -0.166. The molecule has 3 rings (SSSR count). The zero-order valence-corrected chi connectivity index (χ0v) is 21.0. The van der Waals surface area contributed by atoms with Crippen LogP contribution >= 0.6 is 0 Å². The van der Waals surface area contributed by atoms with Gasteiger partial charge in [0.25, 0.3) is 0 Å². The van der Waals surface area contributed by atoms with E-state index in [1.165, 1.54) is 6.08 Å². The number of carboxylic acids is 2. The summed E-state index contributed by atoms with van der Waals surface area (Å²) < 4.78 is 6.14. The molecule has 1 spiro atoms. The quantitative estimate of drug-likeness (QED) is 0.194. The van der Waals surface area contributed by atoms with Gasteiger partial charge in [0.15, 0.2) is 11.6 Å². The maximum atomic E-state index is 13.0. The first kappa shape index (κ1) is 28.1. The number of hydrogen-bond acceptors (Lipinski definition) is 7. The minimum atomic E-state index is -1.13. The number of rotatable bonds is 15. The summed E-state index contributed by atoms with van der Waals surface area (Å²) in [6, 6.07) is -0.795. The number of aliphatic carboxylic acids is 2. The van der Waals surface area contributed by atoms with Gasteiger partial charge in [-0.15, -0.1) is 0 Å². The molecule has 200 valence electrons. The maximum Gasteiger partial charge on any atom is 0.326 e. The number of ketones is 2. The highest BCUT2D eigenvalue weighted by molar-refractivity contribution is 5.96. The average molecular weight is 506 g/mol. The van der Waals surface area contributed by atoms with Crippen LogP contribution in [0, 0.1) is 11.3 Å². The van der Waals surface area contributed by atoms with Crippen molar-refractivity contribution in [1.29, 1.82) is 0 Å². The maximum absolute atomic E-state index is 13.0. The van der Waals surface area contributed by atoms with Gasteiger partial charge < -0.3 is 25.4 Å². The lowest BCUT2D eigenvalue weighted by atomic mass is 9.60. The summed E-state index contributed by atoms with van der Waals surface area (Å²) in [7, 11) is 0. The molecule has 2 heterocycles. The van der Waals surface area contributed by atoms with E-state index in [2.05, 4.69) is 5.32 Å². The first-order valence-corrected chi connectivity index (χ1v) is 13.2. The van der Waals surface area contributed by atoms with Gasteiger partial charge in [0, 0.05) is 35.9 Å². The Morgan fingerprint density at radius 2 is 1.86 bits per heavy atom. The number of ether oxygens (including phenoxy) is 1. The van der Waals surface area contributed by atoms with Gasteiger partial charge in [0.1, 0.15) is 18.2 Å². The number of carbonyl (C=O) groups excluding carboxylic acids is 2. The molecule has 2 unspecified atom stereocenters. The summed E-state index contributed by atoms with van der Waals surface area (Å²) in [5, 5.41) is 31.9. The molecule has 0 amide bonds. The number of carboxylic acid groups (broad SMARTS) is 2. The second kappa shape index (κ2) is 12.6. The molecular formula is C27H39NO8. The second-order valence-corrected chi connectivity index (χ2v) is 10.3. The van der Waals surface area contributed by atoms with Gasteiger partial charge in [-0.1, -0.05) is 44.8 Å². The van der Waals surface area contributed by atoms with Crippen molar-refractivity contribution in [2.75, 3.05) is 0 Å². The van der Waals surface area contributed by atoms with Gasteiger partial charge in [-0.05, 0) is 38.5 Å². The summed E-state index contributed by atoms with van der Waals surface area (Å²) in [5.41, 5.74) is 0.0549. The standard InChI is InChI=1S/C27H39NO8/c1-2-3-7-10-17-22(13-20(30)19(29)11-8-5-4-6-9-12-25(32)33)36-23-16-27(17)15-18(26(34)35)28-24(27)14-21(23)31/h3,7,14,17-19,22-23,28-29H,2,4-6,8-13,15-16H2,1H3,(H,32,33)(H,34,35)/b7-3-/t17-,18-,19+,22-,23?,27?/m0/s1. The minimum Gasteiger partial charge on any atom is -0.481 e. The molecule has 0 saturated carbocycles. The van der Waals surface area contributed by atoms with Crippen molar-refractivity contribution >= 4 is 23.5 Å². The molecule has 36 heavy (non-hydrogen) atoms. The summed E-state index contributed by atoms with van der Waals surface area (Å²) in [5.74, 6) is -2.51. The molecule has 6 atom stereocenters. The predicted molar refractivity (Wildman–Crippen MR) is 131 cm³/mol. The van der Waals surface area contributed by atoms with Crippen LogP contribution in [0.25, 0.3) is 0 Å². The van der Waals surface area contributed by atoms with Crippen molar-refractivity contribution in [2.24, 2.45) is 11.3 Å². The number of fused-ring (bicyclic) bond motifs is 1. The van der Waals surface area contributed by atoms with Gasteiger partial charge in [0.2, 0.25) is 0 Å². The highest BCUT2D eigenvalue weighted by Crippen LogP contribution is 2.56. The fourth-order valence-electron chi connectivity index (χ4n) is 5.95. The Kier molecular flexibility index (Phi) is 9.84. The first-order valence-electron chi connectivity index (χ1n) is 13.2. The average Bonchev–Trinajstić information content (AvgIpc) is 3.18. The Labute approximate surface area is 212 Å². The largest absolute Gasteiger partial charge is 0.481 e. The fourth-order valence-corrected chi connectivity index (χ4v) is 5.95. The van der Waals surface area contributed by atoms with E-state index in [9.17, 15) is 29.4 Å². The molecule has 0 aromatic carbocycles. The van der Waals surface area contributed by atoms with Crippen LogP contribution in [0.4, 0.5) is 0 Å². The number of carbonyl (C=O) groups is 4. The topological polar surface area (TPSA) is 150 Å². The highest BCUT2D eigenvalue weighted by Gasteiger charge is 2.59. The van der Waals surface area contributed by atoms with E-state index in [4.69, 9.17) is 9.84 Å². The number of aliphatic hydroxyl groups excluding tert-OH is 1. The van der Waals surface area contributed by atoms with E-state index in [-0.39, 0.29) is 30.3 Å². The van der Waals surface area contributed by atoms with E-state index < -0.39 is 41.7 Å². The van der Waals surface area contributed by atoms with Crippen molar-refractivity contribution in [1.82, 2.24) is 5.32 Å². The van der Waals surface area contributed by atoms with Gasteiger partial charge in [0.05, 0.1) is 6.10 Å².